The smallest absolute Gasteiger partial charge is 0.164 e. The van der Waals surface area contributed by atoms with Crippen LogP contribution in [0.1, 0.15) is 0 Å². The number of hydrogen-bond acceptors (Lipinski definition) is 4. The first-order valence-electron chi connectivity index (χ1n) is 18.8. The van der Waals surface area contributed by atoms with Gasteiger partial charge >= 0.3 is 0 Å². The Labute approximate surface area is 327 Å². The summed E-state index contributed by atoms with van der Waals surface area (Å²) in [6.07, 6.45) is 0. The van der Waals surface area contributed by atoms with Crippen molar-refractivity contribution in [3.63, 3.8) is 0 Å². The van der Waals surface area contributed by atoms with Crippen LogP contribution in [0.15, 0.2) is 194 Å². The highest BCUT2D eigenvalue weighted by atomic mass is 32.1. The molecule has 8 aromatic carbocycles. The van der Waals surface area contributed by atoms with Gasteiger partial charge in [0.05, 0.1) is 11.0 Å². The fourth-order valence-corrected chi connectivity index (χ4v) is 9.42. The second-order valence-electron chi connectivity index (χ2n) is 14.0. The molecule has 11 rings (SSSR count). The molecule has 0 fully saturated rings. The molecule has 3 heterocycles. The summed E-state index contributed by atoms with van der Waals surface area (Å²) in [5.74, 6) is 1.94. The molecule has 5 heteroatoms. The predicted molar refractivity (Wildman–Crippen MR) is 234 cm³/mol. The Morgan fingerprint density at radius 3 is 1.57 bits per heavy atom. The molecule has 3 aromatic heterocycles. The van der Waals surface area contributed by atoms with Crippen molar-refractivity contribution in [2.75, 3.05) is 0 Å². The predicted octanol–water partition coefficient (Wildman–Crippen LogP) is 13.7. The van der Waals surface area contributed by atoms with Gasteiger partial charge in [-0.3, -0.25) is 0 Å². The zero-order valence-corrected chi connectivity index (χ0v) is 31.0. The van der Waals surface area contributed by atoms with E-state index >= 15 is 0 Å². The van der Waals surface area contributed by atoms with E-state index in [2.05, 4.69) is 138 Å². The molecule has 0 N–H and O–H groups in total. The fourth-order valence-electron chi connectivity index (χ4n) is 8.03. The van der Waals surface area contributed by atoms with E-state index in [0.29, 0.717) is 17.5 Å². The summed E-state index contributed by atoms with van der Waals surface area (Å²) in [6.45, 7) is 0. The Balaban J connectivity index is 1.05. The third-order valence-electron chi connectivity index (χ3n) is 10.6. The molecule has 0 atom stereocenters. The van der Waals surface area contributed by atoms with Crippen LogP contribution in [0.2, 0.25) is 0 Å². The number of fused-ring (bicyclic) bond motifs is 7. The fraction of sp³-hybridized carbons (Fsp3) is 0. The maximum Gasteiger partial charge on any atom is 0.164 e. The van der Waals surface area contributed by atoms with Crippen LogP contribution in [0.3, 0.4) is 0 Å². The molecule has 0 radical (unpaired) electrons. The van der Waals surface area contributed by atoms with E-state index in [9.17, 15) is 0 Å². The Bertz CT molecular complexity index is 3180. The van der Waals surface area contributed by atoms with Crippen molar-refractivity contribution in [3.8, 4) is 62.1 Å². The number of rotatable bonds is 6. The maximum absolute atomic E-state index is 5.00. The van der Waals surface area contributed by atoms with Crippen molar-refractivity contribution in [3.05, 3.63) is 194 Å². The van der Waals surface area contributed by atoms with Gasteiger partial charge < -0.3 is 4.57 Å². The summed E-state index contributed by atoms with van der Waals surface area (Å²) in [5.41, 5.74) is 11.1. The van der Waals surface area contributed by atoms with E-state index in [4.69, 9.17) is 15.0 Å². The second kappa shape index (κ2) is 13.3. The molecule has 0 spiro atoms. The van der Waals surface area contributed by atoms with E-state index in [1.54, 1.807) is 0 Å². The first-order chi connectivity index (χ1) is 27.8. The van der Waals surface area contributed by atoms with E-state index in [1.165, 1.54) is 53.1 Å². The lowest BCUT2D eigenvalue weighted by Crippen LogP contribution is -2.00. The summed E-state index contributed by atoms with van der Waals surface area (Å²) >= 11 is 1.90. The zero-order chi connectivity index (χ0) is 37.0. The molecule has 0 aliphatic rings. The van der Waals surface area contributed by atoms with Gasteiger partial charge in [-0.1, -0.05) is 164 Å². The van der Waals surface area contributed by atoms with Gasteiger partial charge in [-0.15, -0.1) is 11.3 Å². The average Bonchev–Trinajstić information content (AvgIpc) is 3.83. The van der Waals surface area contributed by atoms with Gasteiger partial charge in [0.1, 0.15) is 0 Å². The molecule has 0 unspecified atom stereocenters. The zero-order valence-electron chi connectivity index (χ0n) is 30.2. The van der Waals surface area contributed by atoms with Crippen LogP contribution in [-0.2, 0) is 0 Å². The third-order valence-corrected chi connectivity index (χ3v) is 11.9. The molecular formula is C51H32N4S. The van der Waals surface area contributed by atoms with Gasteiger partial charge in [0.15, 0.2) is 17.5 Å². The molecule has 0 aliphatic carbocycles. The lowest BCUT2D eigenvalue weighted by atomic mass is 10.0. The van der Waals surface area contributed by atoms with Gasteiger partial charge in [0.2, 0.25) is 0 Å². The van der Waals surface area contributed by atoms with E-state index < -0.39 is 0 Å². The van der Waals surface area contributed by atoms with Crippen molar-refractivity contribution >= 4 is 53.3 Å². The quantitative estimate of drug-likeness (QED) is 0.171. The van der Waals surface area contributed by atoms with Gasteiger partial charge in [-0.05, 0) is 52.6 Å². The minimum Gasteiger partial charge on any atom is -0.309 e. The lowest BCUT2D eigenvalue weighted by molar-refractivity contribution is 1.07. The average molecular weight is 733 g/mol. The first kappa shape index (κ1) is 32.2. The number of para-hydroxylation sites is 1. The SMILES string of the molecule is c1ccc(-c2nc(-c3ccccc3)nc(-c3cccc(-c4cccc(-n5c6ccccc6c6c7sc8c(-c9ccccc9)cccc8c7ccc65)c4)c3)n2)cc1. The van der Waals surface area contributed by atoms with Crippen LogP contribution in [0.4, 0.5) is 0 Å². The van der Waals surface area contributed by atoms with Gasteiger partial charge in [0, 0.05) is 53.3 Å². The summed E-state index contributed by atoms with van der Waals surface area (Å²) < 4.78 is 5.07. The number of nitrogens with zero attached hydrogens (tertiary/aromatic N) is 4. The van der Waals surface area contributed by atoms with E-state index in [1.807, 2.05) is 72.0 Å². The molecule has 11 aromatic rings. The summed E-state index contributed by atoms with van der Waals surface area (Å²) in [7, 11) is 0. The molecule has 262 valence electrons. The molecule has 0 aliphatic heterocycles. The second-order valence-corrected chi connectivity index (χ2v) is 15.0. The minimum atomic E-state index is 0.640. The van der Waals surface area contributed by atoms with Gasteiger partial charge in [-0.2, -0.15) is 0 Å². The monoisotopic (exact) mass is 732 g/mol. The molecule has 0 saturated carbocycles. The van der Waals surface area contributed by atoms with Crippen molar-refractivity contribution in [2.45, 2.75) is 0 Å². The van der Waals surface area contributed by atoms with Gasteiger partial charge in [-0.25, -0.2) is 15.0 Å². The Morgan fingerprint density at radius 1 is 0.339 bits per heavy atom. The molecule has 56 heavy (non-hydrogen) atoms. The lowest BCUT2D eigenvalue weighted by Gasteiger charge is -2.12. The number of benzene rings is 8. The van der Waals surface area contributed by atoms with Gasteiger partial charge in [0.25, 0.3) is 0 Å². The van der Waals surface area contributed by atoms with Crippen molar-refractivity contribution in [2.24, 2.45) is 0 Å². The van der Waals surface area contributed by atoms with Crippen molar-refractivity contribution in [1.29, 1.82) is 0 Å². The standard InChI is InChI=1S/C51H32N4S/c1-4-15-33(16-5-1)40-26-14-27-41-42-29-30-45-46(48(42)56-47(40)41)43-25-10-11-28-44(43)55(45)39-24-13-22-37(32-39)36-21-12-23-38(31-36)51-53-49(34-17-6-2-7-18-34)52-50(54-51)35-19-8-3-9-20-35/h1-32H. The number of hydrogen-bond donors (Lipinski definition) is 0. The first-order valence-corrected chi connectivity index (χ1v) is 19.6. The topological polar surface area (TPSA) is 43.6 Å². The Kier molecular flexibility index (Phi) is 7.64. The number of aromatic nitrogens is 4. The Morgan fingerprint density at radius 2 is 0.857 bits per heavy atom. The summed E-state index contributed by atoms with van der Waals surface area (Å²) in [4.78, 5) is 14.9. The molecular weight excluding hydrogens is 701 g/mol. The van der Waals surface area contributed by atoms with Crippen molar-refractivity contribution < 1.29 is 0 Å². The van der Waals surface area contributed by atoms with E-state index in [0.717, 1.165) is 33.5 Å². The Hall–Kier alpha value is -7.21. The maximum atomic E-state index is 5.00. The highest BCUT2D eigenvalue weighted by Crippen LogP contribution is 2.46. The third kappa shape index (κ3) is 5.40. The highest BCUT2D eigenvalue weighted by Gasteiger charge is 2.19. The van der Waals surface area contributed by atoms with E-state index in [-0.39, 0.29) is 0 Å². The summed E-state index contributed by atoms with van der Waals surface area (Å²) in [6, 6.07) is 68.5. The molecule has 0 amide bonds. The van der Waals surface area contributed by atoms with Crippen LogP contribution >= 0.6 is 11.3 Å². The van der Waals surface area contributed by atoms with Crippen LogP contribution in [0.25, 0.3) is 104 Å². The molecule has 0 bridgehead atoms. The summed E-state index contributed by atoms with van der Waals surface area (Å²) in [5, 5.41) is 5.15. The normalized spacial score (nSPS) is 11.6. The van der Waals surface area contributed by atoms with Crippen LogP contribution < -0.4 is 0 Å². The largest absolute Gasteiger partial charge is 0.309 e. The van der Waals surface area contributed by atoms with Crippen LogP contribution in [0, 0.1) is 0 Å². The number of thiophene rings is 1. The molecule has 4 nitrogen and oxygen atoms in total. The van der Waals surface area contributed by atoms with Crippen LogP contribution in [0.5, 0.6) is 0 Å². The van der Waals surface area contributed by atoms with Crippen LogP contribution in [-0.4, -0.2) is 19.5 Å². The highest BCUT2D eigenvalue weighted by molar-refractivity contribution is 7.27. The molecule has 0 saturated heterocycles. The minimum absolute atomic E-state index is 0.640. The van der Waals surface area contributed by atoms with Crippen molar-refractivity contribution in [1.82, 2.24) is 19.5 Å².